The van der Waals surface area contributed by atoms with Gasteiger partial charge >= 0.3 is 0 Å². The lowest BCUT2D eigenvalue weighted by molar-refractivity contribution is 0.0988. The molecule has 0 spiro atoms. The Bertz CT molecular complexity index is 660. The van der Waals surface area contributed by atoms with E-state index >= 15 is 0 Å². The summed E-state index contributed by atoms with van der Waals surface area (Å²) in [5, 5.41) is 2.24. The van der Waals surface area contributed by atoms with Crippen LogP contribution in [-0.4, -0.2) is 18.2 Å². The molecule has 0 aromatic heterocycles. The first-order valence-electron chi connectivity index (χ1n) is 7.08. The molecule has 1 amide bonds. The number of rotatable bonds is 4. The Hall–Kier alpha value is -1.48. The van der Waals surface area contributed by atoms with Crippen LogP contribution in [0, 0.1) is 11.8 Å². The molecule has 0 saturated carbocycles. The zero-order valence-corrected chi connectivity index (χ0v) is 12.7. The number of carbonyl (C=O) groups excluding carboxylic acids is 1. The van der Waals surface area contributed by atoms with Crippen molar-refractivity contribution in [2.45, 2.75) is 13.8 Å². The van der Waals surface area contributed by atoms with Gasteiger partial charge < -0.3 is 4.90 Å². The predicted octanol–water partition coefficient (Wildman–Crippen LogP) is 4.00. The van der Waals surface area contributed by atoms with E-state index in [9.17, 15) is 4.79 Å². The fourth-order valence-electron chi connectivity index (χ4n) is 2.87. The lowest BCUT2D eigenvalue weighted by Crippen LogP contribution is -2.34. The lowest BCUT2D eigenvalue weighted by atomic mass is 9.97. The molecule has 1 aliphatic rings. The molecule has 104 valence electrons. The van der Waals surface area contributed by atoms with Crippen LogP contribution in [0.4, 0.5) is 5.69 Å². The molecule has 0 fully saturated rings. The monoisotopic (exact) mass is 285 g/mol. The van der Waals surface area contributed by atoms with E-state index in [0.717, 1.165) is 34.3 Å². The van der Waals surface area contributed by atoms with Gasteiger partial charge in [-0.1, -0.05) is 38.1 Å². The molecule has 2 nitrogen and oxygen atoms in total. The van der Waals surface area contributed by atoms with Crippen molar-refractivity contribution in [2.24, 2.45) is 11.8 Å². The maximum Gasteiger partial charge on any atom is 0.259 e. The topological polar surface area (TPSA) is 20.3 Å². The molecule has 3 heteroatoms. The first-order valence-corrected chi connectivity index (χ1v) is 7.71. The zero-order chi connectivity index (χ0) is 14.3. The van der Waals surface area contributed by atoms with Crippen LogP contribution >= 0.6 is 12.6 Å². The zero-order valence-electron chi connectivity index (χ0n) is 11.8. The van der Waals surface area contributed by atoms with Gasteiger partial charge in [0.15, 0.2) is 0 Å². The second kappa shape index (κ2) is 5.13. The van der Waals surface area contributed by atoms with E-state index in [1.165, 1.54) is 0 Å². The van der Waals surface area contributed by atoms with E-state index in [1.54, 1.807) is 0 Å². The van der Waals surface area contributed by atoms with Crippen LogP contribution in [0.1, 0.15) is 24.2 Å². The van der Waals surface area contributed by atoms with E-state index in [2.05, 4.69) is 38.6 Å². The summed E-state index contributed by atoms with van der Waals surface area (Å²) in [4.78, 5) is 14.6. The number of nitrogens with zero attached hydrogens (tertiary/aromatic N) is 1. The van der Waals surface area contributed by atoms with Gasteiger partial charge in [-0.25, -0.2) is 0 Å². The summed E-state index contributed by atoms with van der Waals surface area (Å²) in [6, 6.07) is 12.1. The first-order chi connectivity index (χ1) is 9.63. The Labute approximate surface area is 125 Å². The number of hydrogen-bond acceptors (Lipinski definition) is 2. The molecule has 0 radical (unpaired) electrons. The summed E-state index contributed by atoms with van der Waals surface area (Å²) in [6.07, 6.45) is 0. The van der Waals surface area contributed by atoms with Gasteiger partial charge in [0, 0.05) is 17.5 Å². The molecule has 0 saturated heterocycles. The van der Waals surface area contributed by atoms with Crippen molar-refractivity contribution in [1.29, 1.82) is 0 Å². The maximum atomic E-state index is 12.7. The summed E-state index contributed by atoms with van der Waals surface area (Å²) < 4.78 is 0. The first kappa shape index (κ1) is 13.5. The highest BCUT2D eigenvalue weighted by Crippen LogP contribution is 2.38. The Morgan fingerprint density at radius 1 is 1.15 bits per heavy atom. The molecule has 1 unspecified atom stereocenters. The van der Waals surface area contributed by atoms with Gasteiger partial charge in [0.2, 0.25) is 0 Å². The van der Waals surface area contributed by atoms with Gasteiger partial charge in [-0.15, -0.1) is 0 Å². The summed E-state index contributed by atoms with van der Waals surface area (Å²) in [7, 11) is 0. The lowest BCUT2D eigenvalue weighted by Gasteiger charge is -2.26. The minimum atomic E-state index is 0.129. The molecule has 1 atom stereocenters. The van der Waals surface area contributed by atoms with E-state index in [0.29, 0.717) is 11.8 Å². The van der Waals surface area contributed by atoms with Crippen LogP contribution in [0.25, 0.3) is 10.8 Å². The highest BCUT2D eigenvalue weighted by Gasteiger charge is 2.31. The number of amides is 1. The van der Waals surface area contributed by atoms with E-state index in [1.807, 2.05) is 29.2 Å². The fourth-order valence-corrected chi connectivity index (χ4v) is 3.41. The van der Waals surface area contributed by atoms with E-state index < -0.39 is 0 Å². The number of anilines is 1. The smallest absolute Gasteiger partial charge is 0.259 e. The number of carbonyl (C=O) groups is 1. The molecule has 1 aliphatic heterocycles. The van der Waals surface area contributed by atoms with Crippen molar-refractivity contribution in [1.82, 2.24) is 0 Å². The second-order valence-corrected chi connectivity index (χ2v) is 6.15. The average molecular weight is 285 g/mol. The molecule has 0 aliphatic carbocycles. The third kappa shape index (κ3) is 2.01. The molecule has 2 aromatic rings. The molecule has 2 aromatic carbocycles. The molecule has 1 heterocycles. The minimum Gasteiger partial charge on any atom is -0.307 e. The van der Waals surface area contributed by atoms with E-state index in [4.69, 9.17) is 0 Å². The van der Waals surface area contributed by atoms with Crippen LogP contribution in [-0.2, 0) is 0 Å². The van der Waals surface area contributed by atoms with Crippen molar-refractivity contribution in [3.05, 3.63) is 42.0 Å². The molecule has 0 bridgehead atoms. The van der Waals surface area contributed by atoms with Crippen LogP contribution in [0.3, 0.4) is 0 Å². The summed E-state index contributed by atoms with van der Waals surface area (Å²) in [5.74, 6) is 1.85. The summed E-state index contributed by atoms with van der Waals surface area (Å²) in [5.41, 5.74) is 1.88. The average Bonchev–Trinajstić information content (AvgIpc) is 2.72. The standard InChI is InChI=1S/C17H19NOS/c1-11(2)13(10-20)9-18-15-8-4-6-12-5-3-7-14(16(12)15)17(18)19/h3-8,11,13,20H,9-10H2,1-2H3. The van der Waals surface area contributed by atoms with Gasteiger partial charge in [-0.05, 0) is 35.1 Å². The van der Waals surface area contributed by atoms with Crippen molar-refractivity contribution < 1.29 is 4.79 Å². The SMILES string of the molecule is CC(C)C(CS)CN1C(=O)c2cccc3cccc1c23. The Kier molecular flexibility index (Phi) is 3.47. The van der Waals surface area contributed by atoms with Gasteiger partial charge in [0.25, 0.3) is 5.91 Å². The molecule has 0 N–H and O–H groups in total. The van der Waals surface area contributed by atoms with Gasteiger partial charge in [0.1, 0.15) is 0 Å². The third-order valence-corrected chi connectivity index (χ3v) is 4.71. The van der Waals surface area contributed by atoms with Crippen LogP contribution in [0.15, 0.2) is 36.4 Å². The Balaban J connectivity index is 2.05. The van der Waals surface area contributed by atoms with Crippen molar-refractivity contribution in [3.63, 3.8) is 0 Å². The van der Waals surface area contributed by atoms with Gasteiger partial charge in [-0.2, -0.15) is 12.6 Å². The van der Waals surface area contributed by atoms with Crippen molar-refractivity contribution in [3.8, 4) is 0 Å². The number of benzene rings is 2. The highest BCUT2D eigenvalue weighted by molar-refractivity contribution is 7.80. The van der Waals surface area contributed by atoms with Crippen LogP contribution in [0.5, 0.6) is 0 Å². The second-order valence-electron chi connectivity index (χ2n) is 5.78. The maximum absolute atomic E-state index is 12.7. The minimum absolute atomic E-state index is 0.129. The number of hydrogen-bond donors (Lipinski definition) is 1. The Morgan fingerprint density at radius 3 is 2.50 bits per heavy atom. The van der Waals surface area contributed by atoms with Crippen molar-refractivity contribution in [2.75, 3.05) is 17.2 Å². The molecule has 3 rings (SSSR count). The molecular formula is C17H19NOS. The van der Waals surface area contributed by atoms with E-state index in [-0.39, 0.29) is 5.91 Å². The van der Waals surface area contributed by atoms with Crippen molar-refractivity contribution >= 4 is 35.0 Å². The molecule has 20 heavy (non-hydrogen) atoms. The third-order valence-electron chi connectivity index (χ3n) is 4.24. The predicted molar refractivity (Wildman–Crippen MR) is 87.8 cm³/mol. The number of thiol groups is 1. The quantitative estimate of drug-likeness (QED) is 0.842. The summed E-state index contributed by atoms with van der Waals surface area (Å²) >= 11 is 4.44. The Morgan fingerprint density at radius 2 is 1.85 bits per heavy atom. The largest absolute Gasteiger partial charge is 0.307 e. The molecular weight excluding hydrogens is 266 g/mol. The highest BCUT2D eigenvalue weighted by atomic mass is 32.1. The summed E-state index contributed by atoms with van der Waals surface area (Å²) in [6.45, 7) is 5.12. The fraction of sp³-hybridized carbons (Fsp3) is 0.353. The normalized spacial score (nSPS) is 15.4. The van der Waals surface area contributed by atoms with Crippen LogP contribution < -0.4 is 4.90 Å². The van der Waals surface area contributed by atoms with Gasteiger partial charge in [0.05, 0.1) is 5.69 Å². The van der Waals surface area contributed by atoms with Gasteiger partial charge in [-0.3, -0.25) is 4.79 Å². The van der Waals surface area contributed by atoms with Crippen LogP contribution in [0.2, 0.25) is 0 Å².